The van der Waals surface area contributed by atoms with Crippen LogP contribution < -0.4 is 9.47 Å². The lowest BCUT2D eigenvalue weighted by Gasteiger charge is -2.21. The minimum absolute atomic E-state index is 0.0592. The van der Waals surface area contributed by atoms with Crippen LogP contribution in [0.5, 0.6) is 23.0 Å². The van der Waals surface area contributed by atoms with Gasteiger partial charge in [0, 0.05) is 11.1 Å². The van der Waals surface area contributed by atoms with Crippen LogP contribution >= 0.6 is 0 Å². The van der Waals surface area contributed by atoms with Crippen LogP contribution in [0.4, 0.5) is 0 Å². The first-order valence-electron chi connectivity index (χ1n) is 10.4. The highest BCUT2D eigenvalue weighted by Crippen LogP contribution is 2.31. The predicted octanol–water partition coefficient (Wildman–Crippen LogP) is 5.69. The largest absolute Gasteiger partial charge is 0.504 e. The third kappa shape index (κ3) is 5.70. The number of benzene rings is 2. The molecule has 3 rings (SSSR count). The van der Waals surface area contributed by atoms with Crippen molar-refractivity contribution < 1.29 is 24.5 Å². The average Bonchev–Trinajstić information content (AvgIpc) is 2.78. The van der Waals surface area contributed by atoms with Gasteiger partial charge in [0.25, 0.3) is 0 Å². The fraction of sp³-hybridized carbons (Fsp3) is 0.222. The molecule has 1 fully saturated rings. The van der Waals surface area contributed by atoms with Crippen LogP contribution in [-0.2, 0) is 4.79 Å². The number of ketones is 1. The van der Waals surface area contributed by atoms with E-state index in [2.05, 4.69) is 6.92 Å². The van der Waals surface area contributed by atoms with E-state index in [9.17, 15) is 15.0 Å². The Kier molecular flexibility index (Phi) is 7.55. The Balaban J connectivity index is 1.75. The topological polar surface area (TPSA) is 76.0 Å². The zero-order valence-electron chi connectivity index (χ0n) is 18.5. The number of ether oxygens (including phenoxy) is 2. The van der Waals surface area contributed by atoms with Crippen LogP contribution in [0.2, 0.25) is 0 Å². The molecule has 0 saturated heterocycles. The van der Waals surface area contributed by atoms with Crippen molar-refractivity contribution in [2.75, 3.05) is 14.2 Å². The van der Waals surface area contributed by atoms with E-state index in [1.807, 2.05) is 36.5 Å². The molecule has 5 heteroatoms. The third-order valence-corrected chi connectivity index (χ3v) is 5.30. The fourth-order valence-electron chi connectivity index (χ4n) is 3.65. The fourth-order valence-corrected chi connectivity index (χ4v) is 3.65. The molecule has 0 bridgehead atoms. The van der Waals surface area contributed by atoms with Gasteiger partial charge in [-0.3, -0.25) is 4.79 Å². The Morgan fingerprint density at radius 3 is 1.66 bits per heavy atom. The molecule has 0 unspecified atom stereocenters. The number of rotatable bonds is 6. The van der Waals surface area contributed by atoms with Crippen LogP contribution in [-0.4, -0.2) is 30.2 Å². The number of Topliss-reactive ketones (excluding diaryl/α,β-unsaturated/α-hetero) is 1. The number of phenolic OH excluding ortho intramolecular Hbond substituents is 2. The van der Waals surface area contributed by atoms with E-state index in [1.165, 1.54) is 14.2 Å². The van der Waals surface area contributed by atoms with Crippen molar-refractivity contribution in [2.24, 2.45) is 5.92 Å². The molecule has 0 radical (unpaired) electrons. The molecule has 0 aliphatic heterocycles. The van der Waals surface area contributed by atoms with Crippen LogP contribution in [0.25, 0.3) is 12.2 Å². The molecular formula is C27H28O5. The highest BCUT2D eigenvalue weighted by Gasteiger charge is 2.24. The molecule has 1 aliphatic rings. The minimum Gasteiger partial charge on any atom is -0.504 e. The van der Waals surface area contributed by atoms with E-state index in [1.54, 1.807) is 36.4 Å². The van der Waals surface area contributed by atoms with Gasteiger partial charge in [-0.15, -0.1) is 0 Å². The number of methoxy groups -OCH3 is 2. The molecule has 32 heavy (non-hydrogen) atoms. The summed E-state index contributed by atoms with van der Waals surface area (Å²) in [5, 5.41) is 19.4. The van der Waals surface area contributed by atoms with Crippen molar-refractivity contribution in [1.82, 2.24) is 0 Å². The maximum atomic E-state index is 12.9. The lowest BCUT2D eigenvalue weighted by molar-refractivity contribution is -0.113. The standard InChI is InChI=1S/C27H28O5/c1-18-14-21(8-4-6-19-10-12-23(28)25(16-19)31-2)27(30)22(15-18)9-5-7-20-11-13-24(29)26(17-20)32-3/h4-13,16-18,28-29H,14-15H2,1-3H3/b6-4+,7-5+,21-8-,22-9-. The second-order valence-corrected chi connectivity index (χ2v) is 7.81. The predicted molar refractivity (Wildman–Crippen MR) is 127 cm³/mol. The molecule has 0 spiro atoms. The molecule has 0 heterocycles. The summed E-state index contributed by atoms with van der Waals surface area (Å²) in [6, 6.07) is 10.2. The Bertz CT molecular complexity index is 1020. The number of carbonyl (C=O) groups is 1. The summed E-state index contributed by atoms with van der Waals surface area (Å²) in [4.78, 5) is 12.9. The second-order valence-electron chi connectivity index (χ2n) is 7.81. The van der Waals surface area contributed by atoms with Crippen molar-refractivity contribution in [2.45, 2.75) is 19.8 Å². The molecule has 0 aromatic heterocycles. The maximum absolute atomic E-state index is 12.9. The smallest absolute Gasteiger partial charge is 0.185 e. The monoisotopic (exact) mass is 432 g/mol. The average molecular weight is 433 g/mol. The Morgan fingerprint density at radius 2 is 1.25 bits per heavy atom. The summed E-state index contributed by atoms with van der Waals surface area (Å²) < 4.78 is 10.3. The van der Waals surface area contributed by atoms with Gasteiger partial charge in [0.05, 0.1) is 14.2 Å². The van der Waals surface area contributed by atoms with E-state index in [0.717, 1.165) is 35.1 Å². The quantitative estimate of drug-likeness (QED) is 0.573. The summed E-state index contributed by atoms with van der Waals surface area (Å²) in [6.45, 7) is 2.14. The number of carbonyl (C=O) groups excluding carboxylic acids is 1. The number of hydrogen-bond acceptors (Lipinski definition) is 5. The SMILES string of the molecule is COc1cc(/C=C/C=C2/CC(C)C/C(=C/C=C/c3ccc(O)c(OC)c3)C2=O)ccc1O. The normalized spacial score (nSPS) is 19.3. The van der Waals surface area contributed by atoms with E-state index in [4.69, 9.17) is 9.47 Å². The molecular weight excluding hydrogens is 404 g/mol. The first-order valence-corrected chi connectivity index (χ1v) is 10.4. The van der Waals surface area contributed by atoms with Crippen molar-refractivity contribution in [3.8, 4) is 23.0 Å². The van der Waals surface area contributed by atoms with Gasteiger partial charge in [-0.2, -0.15) is 0 Å². The van der Waals surface area contributed by atoms with Crippen molar-refractivity contribution >= 4 is 17.9 Å². The minimum atomic E-state index is 0.0592. The molecule has 1 saturated carbocycles. The molecule has 166 valence electrons. The zero-order valence-corrected chi connectivity index (χ0v) is 18.5. The van der Waals surface area contributed by atoms with E-state index >= 15 is 0 Å². The highest BCUT2D eigenvalue weighted by atomic mass is 16.5. The van der Waals surface area contributed by atoms with Gasteiger partial charge in [0.1, 0.15) is 0 Å². The molecule has 5 nitrogen and oxygen atoms in total. The van der Waals surface area contributed by atoms with Gasteiger partial charge in [-0.05, 0) is 54.2 Å². The summed E-state index contributed by atoms with van der Waals surface area (Å²) in [5.74, 6) is 1.43. The zero-order chi connectivity index (χ0) is 23.1. The van der Waals surface area contributed by atoms with Gasteiger partial charge in [0.15, 0.2) is 28.8 Å². The van der Waals surface area contributed by atoms with Crippen molar-refractivity contribution in [3.63, 3.8) is 0 Å². The van der Waals surface area contributed by atoms with E-state index in [-0.39, 0.29) is 17.3 Å². The van der Waals surface area contributed by atoms with Gasteiger partial charge >= 0.3 is 0 Å². The van der Waals surface area contributed by atoms with Crippen molar-refractivity contribution in [1.29, 1.82) is 0 Å². The lowest BCUT2D eigenvalue weighted by Crippen LogP contribution is -2.18. The maximum Gasteiger partial charge on any atom is 0.185 e. The van der Waals surface area contributed by atoms with E-state index < -0.39 is 0 Å². The summed E-state index contributed by atoms with van der Waals surface area (Å²) >= 11 is 0. The number of allylic oxidation sites excluding steroid dienone is 6. The second kappa shape index (κ2) is 10.5. The van der Waals surface area contributed by atoms with Gasteiger partial charge in [-0.25, -0.2) is 0 Å². The van der Waals surface area contributed by atoms with E-state index in [0.29, 0.717) is 17.4 Å². The van der Waals surface area contributed by atoms with Crippen LogP contribution in [0.3, 0.4) is 0 Å². The third-order valence-electron chi connectivity index (χ3n) is 5.30. The molecule has 2 N–H and O–H groups in total. The Hall–Kier alpha value is -3.73. The van der Waals surface area contributed by atoms with Gasteiger partial charge in [0.2, 0.25) is 0 Å². The number of phenols is 2. The van der Waals surface area contributed by atoms with Crippen LogP contribution in [0.1, 0.15) is 30.9 Å². The van der Waals surface area contributed by atoms with Crippen molar-refractivity contribution in [3.05, 3.63) is 83.0 Å². The lowest BCUT2D eigenvalue weighted by atomic mass is 9.81. The molecule has 0 atom stereocenters. The Morgan fingerprint density at radius 1 is 0.812 bits per heavy atom. The summed E-state index contributed by atoms with van der Waals surface area (Å²) in [6.07, 6.45) is 12.7. The molecule has 2 aromatic carbocycles. The van der Waals surface area contributed by atoms with Gasteiger partial charge < -0.3 is 19.7 Å². The summed E-state index contributed by atoms with van der Waals surface area (Å²) in [5.41, 5.74) is 3.29. The number of aromatic hydroxyl groups is 2. The first kappa shape index (κ1) is 22.9. The summed E-state index contributed by atoms with van der Waals surface area (Å²) in [7, 11) is 3.01. The molecule has 2 aromatic rings. The molecule has 0 amide bonds. The van der Waals surface area contributed by atoms with Crippen LogP contribution in [0, 0.1) is 5.92 Å². The Labute approximate surface area is 188 Å². The first-order chi connectivity index (χ1) is 15.4. The van der Waals surface area contributed by atoms with Gasteiger partial charge in [-0.1, -0.05) is 55.5 Å². The highest BCUT2D eigenvalue weighted by molar-refractivity contribution is 6.09. The molecule has 1 aliphatic carbocycles. The number of hydrogen-bond donors (Lipinski definition) is 2. The van der Waals surface area contributed by atoms with Crippen LogP contribution in [0.15, 0.2) is 71.8 Å².